The summed E-state index contributed by atoms with van der Waals surface area (Å²) in [5.41, 5.74) is 1.06. The fraction of sp³-hybridized carbons (Fsp3) is 0.375. The third-order valence-electron chi connectivity index (χ3n) is 4.32. The molecule has 0 spiro atoms. The molecule has 0 aliphatic carbocycles. The van der Waals surface area contributed by atoms with E-state index in [-0.39, 0.29) is 16.9 Å². The minimum absolute atomic E-state index is 0.323. The van der Waals surface area contributed by atoms with Gasteiger partial charge in [-0.05, 0) is 31.4 Å². The smallest absolute Gasteiger partial charge is 0.323 e. The number of carbonyl (C=O) groups excluding carboxylic acids is 1. The van der Waals surface area contributed by atoms with Crippen molar-refractivity contribution in [3.05, 3.63) is 42.6 Å². The van der Waals surface area contributed by atoms with E-state index in [0.29, 0.717) is 24.4 Å². The minimum Gasteiger partial charge on any atom is -0.323 e. The quantitative estimate of drug-likeness (QED) is 0.686. The Balaban J connectivity index is 1.54. The standard InChI is InChI=1S/C16H18N6O3S/c23-16(20-7-3-1-4-8-20)22-12-17-15(19-22)26(24,25)11-13-10-21-9-5-2-6-14(21)18-13/h2,5-6,9-10,12H,1,3-4,7-8,11H2. The van der Waals surface area contributed by atoms with Crippen LogP contribution in [0.5, 0.6) is 0 Å². The molecule has 1 saturated heterocycles. The lowest BCUT2D eigenvalue weighted by Gasteiger charge is -2.25. The summed E-state index contributed by atoms with van der Waals surface area (Å²) in [7, 11) is -3.79. The van der Waals surface area contributed by atoms with E-state index in [2.05, 4.69) is 15.1 Å². The van der Waals surface area contributed by atoms with Crippen molar-refractivity contribution >= 4 is 21.5 Å². The first-order chi connectivity index (χ1) is 12.5. The summed E-state index contributed by atoms with van der Waals surface area (Å²) < 4.78 is 27.9. The van der Waals surface area contributed by atoms with Gasteiger partial charge in [-0.2, -0.15) is 4.68 Å². The van der Waals surface area contributed by atoms with E-state index in [1.807, 2.05) is 12.1 Å². The Bertz CT molecular complexity index is 1020. The van der Waals surface area contributed by atoms with Gasteiger partial charge >= 0.3 is 6.03 Å². The minimum atomic E-state index is -3.79. The summed E-state index contributed by atoms with van der Waals surface area (Å²) in [6, 6.07) is 5.12. The second-order valence-electron chi connectivity index (χ2n) is 6.26. The van der Waals surface area contributed by atoms with Crippen molar-refractivity contribution in [1.82, 2.24) is 29.0 Å². The summed E-state index contributed by atoms with van der Waals surface area (Å²) in [5, 5.41) is 3.54. The van der Waals surface area contributed by atoms with Gasteiger partial charge in [0.2, 0.25) is 9.84 Å². The van der Waals surface area contributed by atoms with Crippen LogP contribution in [0.2, 0.25) is 0 Å². The van der Waals surface area contributed by atoms with Crippen LogP contribution >= 0.6 is 0 Å². The maximum absolute atomic E-state index is 12.6. The van der Waals surface area contributed by atoms with Crippen molar-refractivity contribution in [2.24, 2.45) is 0 Å². The van der Waals surface area contributed by atoms with Crippen molar-refractivity contribution < 1.29 is 13.2 Å². The monoisotopic (exact) mass is 374 g/mol. The molecule has 1 aliphatic heterocycles. The molecule has 0 aromatic carbocycles. The van der Waals surface area contributed by atoms with Gasteiger partial charge in [0.15, 0.2) is 0 Å². The average molecular weight is 374 g/mol. The zero-order valence-corrected chi connectivity index (χ0v) is 14.8. The summed E-state index contributed by atoms with van der Waals surface area (Å²) in [5.74, 6) is -0.323. The number of amides is 1. The molecule has 10 heteroatoms. The van der Waals surface area contributed by atoms with E-state index < -0.39 is 9.84 Å². The van der Waals surface area contributed by atoms with Crippen LogP contribution < -0.4 is 0 Å². The summed E-state index contributed by atoms with van der Waals surface area (Å²) in [4.78, 5) is 22.2. The van der Waals surface area contributed by atoms with Crippen LogP contribution in [0.15, 0.2) is 42.1 Å². The number of fused-ring (bicyclic) bond motifs is 1. The highest BCUT2D eigenvalue weighted by Crippen LogP contribution is 2.14. The third kappa shape index (κ3) is 3.19. The maximum atomic E-state index is 12.6. The lowest BCUT2D eigenvalue weighted by molar-refractivity contribution is 0.184. The molecule has 0 unspecified atom stereocenters. The molecular formula is C16H18N6O3S. The fourth-order valence-corrected chi connectivity index (χ4v) is 4.11. The number of imidazole rings is 1. The molecule has 136 valence electrons. The molecule has 9 nitrogen and oxygen atoms in total. The Labute approximate surface area is 150 Å². The topological polar surface area (TPSA) is 102 Å². The van der Waals surface area contributed by atoms with Crippen LogP contribution in [0.25, 0.3) is 5.65 Å². The zero-order chi connectivity index (χ0) is 18.1. The van der Waals surface area contributed by atoms with Crippen LogP contribution in [0.4, 0.5) is 4.79 Å². The van der Waals surface area contributed by atoms with Crippen LogP contribution in [0, 0.1) is 0 Å². The van der Waals surface area contributed by atoms with E-state index >= 15 is 0 Å². The van der Waals surface area contributed by atoms with Crippen molar-refractivity contribution in [1.29, 1.82) is 0 Å². The molecule has 0 bridgehead atoms. The second-order valence-corrected chi connectivity index (χ2v) is 8.14. The number of likely N-dealkylation sites (tertiary alicyclic amines) is 1. The molecule has 0 saturated carbocycles. The van der Waals surface area contributed by atoms with E-state index in [4.69, 9.17) is 0 Å². The molecule has 3 aromatic rings. The number of sulfone groups is 1. The van der Waals surface area contributed by atoms with Gasteiger partial charge in [0.25, 0.3) is 5.16 Å². The molecule has 4 heterocycles. The van der Waals surface area contributed by atoms with Gasteiger partial charge in [-0.1, -0.05) is 6.07 Å². The van der Waals surface area contributed by atoms with Crippen molar-refractivity contribution in [2.75, 3.05) is 13.1 Å². The SMILES string of the molecule is O=C(N1CCCCC1)n1cnc(S(=O)(=O)Cc2cn3ccccc3n2)n1. The zero-order valence-electron chi connectivity index (χ0n) is 14.0. The first-order valence-corrected chi connectivity index (χ1v) is 10.0. The van der Waals surface area contributed by atoms with Gasteiger partial charge < -0.3 is 9.30 Å². The van der Waals surface area contributed by atoms with Gasteiger partial charge in [0, 0.05) is 25.5 Å². The molecule has 0 radical (unpaired) electrons. The summed E-state index contributed by atoms with van der Waals surface area (Å²) in [6.07, 6.45) is 7.59. The van der Waals surface area contributed by atoms with Crippen LogP contribution in [-0.4, -0.2) is 56.6 Å². The Kier molecular flexibility index (Phi) is 4.19. The number of carbonyl (C=O) groups is 1. The molecule has 4 rings (SSSR count). The van der Waals surface area contributed by atoms with E-state index in [1.165, 1.54) is 0 Å². The van der Waals surface area contributed by atoms with Crippen molar-refractivity contribution in [3.8, 4) is 0 Å². The normalized spacial score (nSPS) is 15.5. The summed E-state index contributed by atoms with van der Waals surface area (Å²) in [6.45, 7) is 1.31. The van der Waals surface area contributed by atoms with Crippen LogP contribution in [0.1, 0.15) is 25.0 Å². The number of pyridine rings is 1. The maximum Gasteiger partial charge on any atom is 0.346 e. The Hall–Kier alpha value is -2.75. The molecule has 0 N–H and O–H groups in total. The van der Waals surface area contributed by atoms with Crippen LogP contribution in [0.3, 0.4) is 0 Å². The third-order valence-corrected chi connectivity index (χ3v) is 5.74. The molecule has 1 aliphatic rings. The number of nitrogens with zero attached hydrogens (tertiary/aromatic N) is 6. The van der Waals surface area contributed by atoms with E-state index in [1.54, 1.807) is 27.8 Å². The molecule has 1 fully saturated rings. The molecular weight excluding hydrogens is 356 g/mol. The first-order valence-electron chi connectivity index (χ1n) is 8.39. The predicted molar refractivity (Wildman–Crippen MR) is 92.3 cm³/mol. The average Bonchev–Trinajstić information content (AvgIpc) is 3.28. The van der Waals surface area contributed by atoms with Crippen LogP contribution in [-0.2, 0) is 15.6 Å². The van der Waals surface area contributed by atoms with Gasteiger partial charge in [-0.3, -0.25) is 0 Å². The number of hydrogen-bond donors (Lipinski definition) is 0. The van der Waals surface area contributed by atoms with Gasteiger partial charge in [0.05, 0.1) is 5.69 Å². The number of piperidine rings is 1. The van der Waals surface area contributed by atoms with E-state index in [0.717, 1.165) is 30.3 Å². The lowest BCUT2D eigenvalue weighted by Crippen LogP contribution is -2.38. The van der Waals surface area contributed by atoms with Crippen molar-refractivity contribution in [2.45, 2.75) is 30.2 Å². The number of rotatable bonds is 3. The largest absolute Gasteiger partial charge is 0.346 e. The fourth-order valence-electron chi connectivity index (χ4n) is 3.03. The highest BCUT2D eigenvalue weighted by molar-refractivity contribution is 7.90. The lowest BCUT2D eigenvalue weighted by atomic mass is 10.1. The second kappa shape index (κ2) is 6.52. The first kappa shape index (κ1) is 16.7. The molecule has 1 amide bonds. The van der Waals surface area contributed by atoms with Gasteiger partial charge in [-0.25, -0.2) is 23.2 Å². The summed E-state index contributed by atoms with van der Waals surface area (Å²) >= 11 is 0. The van der Waals surface area contributed by atoms with Crippen molar-refractivity contribution in [3.63, 3.8) is 0 Å². The Morgan fingerprint density at radius 2 is 1.96 bits per heavy atom. The molecule has 26 heavy (non-hydrogen) atoms. The highest BCUT2D eigenvalue weighted by Gasteiger charge is 2.25. The molecule has 3 aromatic heterocycles. The number of aromatic nitrogens is 5. The predicted octanol–water partition coefficient (Wildman–Crippen LogP) is 1.35. The van der Waals surface area contributed by atoms with Gasteiger partial charge in [0.1, 0.15) is 17.7 Å². The van der Waals surface area contributed by atoms with E-state index in [9.17, 15) is 13.2 Å². The Morgan fingerprint density at radius 1 is 1.15 bits per heavy atom. The Morgan fingerprint density at radius 3 is 2.73 bits per heavy atom. The number of hydrogen-bond acceptors (Lipinski definition) is 6. The highest BCUT2D eigenvalue weighted by atomic mass is 32.2. The van der Waals surface area contributed by atoms with Gasteiger partial charge in [-0.15, -0.1) is 5.10 Å². The molecule has 0 atom stereocenters.